The van der Waals surface area contributed by atoms with Gasteiger partial charge in [-0.2, -0.15) is 0 Å². The van der Waals surface area contributed by atoms with E-state index >= 15 is 0 Å². The van der Waals surface area contributed by atoms with Crippen LogP contribution >= 0.6 is 0 Å². The Bertz CT molecular complexity index is 429. The Labute approximate surface area is 95.0 Å². The summed E-state index contributed by atoms with van der Waals surface area (Å²) in [6, 6.07) is 3.64. The Morgan fingerprint density at radius 2 is 2.12 bits per heavy atom. The zero-order valence-electron chi connectivity index (χ0n) is 9.62. The molecular formula is C12H16N2O2. The molecule has 0 unspecified atom stereocenters. The van der Waals surface area contributed by atoms with Crippen LogP contribution in [0.4, 0.5) is 11.4 Å². The molecule has 1 aliphatic rings. The van der Waals surface area contributed by atoms with E-state index in [1.165, 1.54) is 0 Å². The molecule has 0 spiro atoms. The first-order chi connectivity index (χ1) is 7.65. The number of hydrogen-bond acceptors (Lipinski definition) is 3. The van der Waals surface area contributed by atoms with E-state index in [0.717, 1.165) is 29.8 Å². The van der Waals surface area contributed by atoms with Crippen LogP contribution in [-0.4, -0.2) is 20.1 Å². The van der Waals surface area contributed by atoms with Gasteiger partial charge in [0.05, 0.1) is 18.5 Å². The molecule has 0 saturated carbocycles. The van der Waals surface area contributed by atoms with Gasteiger partial charge in [0, 0.05) is 19.0 Å². The molecule has 0 saturated heterocycles. The number of carbonyl (C=O) groups excluding carboxylic acids is 1. The van der Waals surface area contributed by atoms with Crippen molar-refractivity contribution in [2.75, 3.05) is 24.8 Å². The summed E-state index contributed by atoms with van der Waals surface area (Å²) >= 11 is 0. The second-order valence-corrected chi connectivity index (χ2v) is 3.99. The average Bonchev–Trinajstić information content (AvgIpc) is 2.41. The van der Waals surface area contributed by atoms with Crippen LogP contribution in [0.3, 0.4) is 0 Å². The lowest BCUT2D eigenvalue weighted by Crippen LogP contribution is -2.26. The highest BCUT2D eigenvalue weighted by molar-refractivity contribution is 5.98. The molecule has 4 nitrogen and oxygen atoms in total. The third kappa shape index (κ3) is 1.60. The van der Waals surface area contributed by atoms with Crippen molar-refractivity contribution < 1.29 is 9.53 Å². The molecule has 0 aliphatic carbocycles. The third-order valence-corrected chi connectivity index (χ3v) is 3.02. The van der Waals surface area contributed by atoms with Gasteiger partial charge in [0.25, 0.3) is 0 Å². The lowest BCUT2D eigenvalue weighted by molar-refractivity contribution is -0.118. The number of benzene rings is 1. The molecule has 2 rings (SSSR count). The van der Waals surface area contributed by atoms with Gasteiger partial charge in [-0.25, -0.2) is 0 Å². The maximum Gasteiger partial charge on any atom is 0.226 e. The molecule has 0 bridgehead atoms. The zero-order chi connectivity index (χ0) is 11.7. The van der Waals surface area contributed by atoms with E-state index in [9.17, 15) is 4.79 Å². The van der Waals surface area contributed by atoms with Crippen molar-refractivity contribution >= 4 is 17.3 Å². The molecule has 0 fully saturated rings. The Balaban J connectivity index is 2.61. The summed E-state index contributed by atoms with van der Waals surface area (Å²) in [5.74, 6) is 0.921. The molecule has 1 heterocycles. The van der Waals surface area contributed by atoms with Gasteiger partial charge in [-0.3, -0.25) is 4.79 Å². The summed E-state index contributed by atoms with van der Waals surface area (Å²) in [7, 11) is 3.40. The topological polar surface area (TPSA) is 55.6 Å². The molecule has 1 aromatic rings. The van der Waals surface area contributed by atoms with Crippen molar-refractivity contribution in [3.8, 4) is 5.75 Å². The predicted molar refractivity (Wildman–Crippen MR) is 63.8 cm³/mol. The molecule has 16 heavy (non-hydrogen) atoms. The molecule has 1 aromatic carbocycles. The number of carbonyl (C=O) groups is 1. The highest BCUT2D eigenvalue weighted by Gasteiger charge is 2.23. The number of ether oxygens (including phenoxy) is 1. The number of hydrogen-bond donors (Lipinski definition) is 1. The SMILES string of the molecule is COc1ccc(N)c2c1CCCC(=O)N2C. The van der Waals surface area contributed by atoms with Gasteiger partial charge in [-0.05, 0) is 25.0 Å². The fourth-order valence-corrected chi connectivity index (χ4v) is 2.17. The van der Waals surface area contributed by atoms with Crippen LogP contribution < -0.4 is 15.4 Å². The molecule has 0 radical (unpaired) electrons. The first kappa shape index (κ1) is 10.8. The molecule has 0 aromatic heterocycles. The van der Waals surface area contributed by atoms with Crippen LogP contribution in [0, 0.1) is 0 Å². The van der Waals surface area contributed by atoms with E-state index in [1.54, 1.807) is 25.1 Å². The highest BCUT2D eigenvalue weighted by atomic mass is 16.5. The van der Waals surface area contributed by atoms with Crippen LogP contribution in [0.15, 0.2) is 12.1 Å². The maximum absolute atomic E-state index is 11.8. The summed E-state index contributed by atoms with van der Waals surface area (Å²) in [5.41, 5.74) is 8.42. The second kappa shape index (κ2) is 4.04. The molecule has 1 aliphatic heterocycles. The van der Waals surface area contributed by atoms with Crippen LogP contribution in [0.1, 0.15) is 18.4 Å². The standard InChI is InChI=1S/C12H16N2O2/c1-14-11(15)5-3-4-8-10(16-2)7-6-9(13)12(8)14/h6-7H,3-5,13H2,1-2H3. The fraction of sp³-hybridized carbons (Fsp3) is 0.417. The van der Waals surface area contributed by atoms with Crippen LogP contribution in [-0.2, 0) is 11.2 Å². The number of rotatable bonds is 1. The Kier molecular flexibility index (Phi) is 2.73. The first-order valence-electron chi connectivity index (χ1n) is 5.37. The van der Waals surface area contributed by atoms with E-state index in [2.05, 4.69) is 0 Å². The van der Waals surface area contributed by atoms with Crippen molar-refractivity contribution in [2.45, 2.75) is 19.3 Å². The number of anilines is 2. The van der Waals surface area contributed by atoms with E-state index in [4.69, 9.17) is 10.5 Å². The predicted octanol–water partition coefficient (Wildman–Crippen LogP) is 1.58. The van der Waals surface area contributed by atoms with Gasteiger partial charge in [0.2, 0.25) is 5.91 Å². The minimum atomic E-state index is 0.110. The Hall–Kier alpha value is -1.71. The first-order valence-corrected chi connectivity index (χ1v) is 5.37. The summed E-state index contributed by atoms with van der Waals surface area (Å²) in [6.45, 7) is 0. The highest BCUT2D eigenvalue weighted by Crippen LogP contribution is 2.37. The largest absolute Gasteiger partial charge is 0.496 e. The monoisotopic (exact) mass is 220 g/mol. The minimum absolute atomic E-state index is 0.110. The lowest BCUT2D eigenvalue weighted by atomic mass is 10.1. The van der Waals surface area contributed by atoms with Crippen molar-refractivity contribution in [1.29, 1.82) is 0 Å². The zero-order valence-corrected chi connectivity index (χ0v) is 9.62. The molecule has 86 valence electrons. The third-order valence-electron chi connectivity index (χ3n) is 3.02. The van der Waals surface area contributed by atoms with E-state index in [1.807, 2.05) is 6.07 Å². The maximum atomic E-state index is 11.8. The molecule has 4 heteroatoms. The summed E-state index contributed by atoms with van der Waals surface area (Å²) < 4.78 is 5.31. The van der Waals surface area contributed by atoms with E-state index in [-0.39, 0.29) is 5.91 Å². The average molecular weight is 220 g/mol. The number of amides is 1. The van der Waals surface area contributed by atoms with E-state index in [0.29, 0.717) is 12.1 Å². The lowest BCUT2D eigenvalue weighted by Gasteiger charge is -2.21. The quantitative estimate of drug-likeness (QED) is 0.731. The number of methoxy groups -OCH3 is 1. The van der Waals surface area contributed by atoms with Crippen LogP contribution in [0.2, 0.25) is 0 Å². The summed E-state index contributed by atoms with van der Waals surface area (Å²) in [6.07, 6.45) is 2.24. The van der Waals surface area contributed by atoms with Gasteiger partial charge < -0.3 is 15.4 Å². The molecule has 2 N–H and O–H groups in total. The van der Waals surface area contributed by atoms with Gasteiger partial charge in [-0.15, -0.1) is 0 Å². The van der Waals surface area contributed by atoms with Crippen molar-refractivity contribution in [1.82, 2.24) is 0 Å². The smallest absolute Gasteiger partial charge is 0.226 e. The number of nitrogens with two attached hydrogens (primary N) is 1. The van der Waals surface area contributed by atoms with Crippen molar-refractivity contribution in [3.63, 3.8) is 0 Å². The molecular weight excluding hydrogens is 204 g/mol. The van der Waals surface area contributed by atoms with Crippen LogP contribution in [0.5, 0.6) is 5.75 Å². The van der Waals surface area contributed by atoms with Gasteiger partial charge in [0.15, 0.2) is 0 Å². The normalized spacial score (nSPS) is 15.6. The number of nitrogen functional groups attached to an aromatic ring is 1. The summed E-state index contributed by atoms with van der Waals surface area (Å²) in [4.78, 5) is 13.4. The Morgan fingerprint density at radius 3 is 2.81 bits per heavy atom. The number of nitrogens with zero attached hydrogens (tertiary/aromatic N) is 1. The number of fused-ring (bicyclic) bond motifs is 1. The second-order valence-electron chi connectivity index (χ2n) is 3.99. The molecule has 0 atom stereocenters. The van der Waals surface area contributed by atoms with Crippen molar-refractivity contribution in [2.24, 2.45) is 0 Å². The van der Waals surface area contributed by atoms with Crippen molar-refractivity contribution in [3.05, 3.63) is 17.7 Å². The van der Waals surface area contributed by atoms with E-state index < -0.39 is 0 Å². The van der Waals surface area contributed by atoms with Gasteiger partial charge in [0.1, 0.15) is 5.75 Å². The fourth-order valence-electron chi connectivity index (χ4n) is 2.17. The van der Waals surface area contributed by atoms with Crippen LogP contribution in [0.25, 0.3) is 0 Å². The van der Waals surface area contributed by atoms with Gasteiger partial charge in [-0.1, -0.05) is 0 Å². The minimum Gasteiger partial charge on any atom is -0.496 e. The summed E-state index contributed by atoms with van der Waals surface area (Å²) in [5, 5.41) is 0. The van der Waals surface area contributed by atoms with Gasteiger partial charge >= 0.3 is 0 Å². The Morgan fingerprint density at radius 1 is 1.38 bits per heavy atom. The molecule has 1 amide bonds.